The molecule has 142 valence electrons. The van der Waals surface area contributed by atoms with Crippen molar-refractivity contribution < 1.29 is 4.79 Å². The van der Waals surface area contributed by atoms with Crippen LogP contribution in [0.4, 0.5) is 0 Å². The molecule has 1 amide bonds. The van der Waals surface area contributed by atoms with Gasteiger partial charge < -0.3 is 4.90 Å². The molecule has 1 heterocycles. The molecule has 0 N–H and O–H groups in total. The van der Waals surface area contributed by atoms with Gasteiger partial charge in [0, 0.05) is 33.6 Å². The maximum atomic E-state index is 12.6. The summed E-state index contributed by atoms with van der Waals surface area (Å²) in [6, 6.07) is 22.1. The lowest BCUT2D eigenvalue weighted by Gasteiger charge is -2.18. The van der Waals surface area contributed by atoms with E-state index >= 15 is 0 Å². The summed E-state index contributed by atoms with van der Waals surface area (Å²) >= 11 is 0. The van der Waals surface area contributed by atoms with Gasteiger partial charge in [-0.05, 0) is 34.5 Å². The first-order chi connectivity index (χ1) is 13.5. The lowest BCUT2D eigenvalue weighted by molar-refractivity contribution is -0.130. The highest BCUT2D eigenvalue weighted by atomic mass is 16.2. The number of carbonyl (C=O) groups is 1. The molecule has 0 saturated carbocycles. The van der Waals surface area contributed by atoms with Crippen LogP contribution in [0.1, 0.15) is 12.0 Å². The SMILES string of the molecule is CN(Cc1ccc2ccccc2c1)C(=O)CCn1c(=O)n(C)c2ccccc21. The third kappa shape index (κ3) is 3.31. The van der Waals surface area contributed by atoms with Gasteiger partial charge in [0.2, 0.25) is 5.91 Å². The van der Waals surface area contributed by atoms with E-state index in [9.17, 15) is 9.59 Å². The lowest BCUT2D eigenvalue weighted by Crippen LogP contribution is -2.29. The van der Waals surface area contributed by atoms with Gasteiger partial charge in [-0.2, -0.15) is 0 Å². The number of amides is 1. The first-order valence-corrected chi connectivity index (χ1v) is 9.40. The number of hydrogen-bond acceptors (Lipinski definition) is 2. The number of carbonyl (C=O) groups excluding carboxylic acids is 1. The molecule has 0 fully saturated rings. The van der Waals surface area contributed by atoms with Crippen molar-refractivity contribution in [2.24, 2.45) is 7.05 Å². The lowest BCUT2D eigenvalue weighted by atomic mass is 10.1. The van der Waals surface area contributed by atoms with Crippen molar-refractivity contribution in [2.75, 3.05) is 7.05 Å². The summed E-state index contributed by atoms with van der Waals surface area (Å²) in [5.41, 5.74) is 2.74. The number of benzene rings is 3. The Balaban J connectivity index is 1.46. The van der Waals surface area contributed by atoms with E-state index in [-0.39, 0.29) is 18.0 Å². The fourth-order valence-electron chi connectivity index (χ4n) is 3.68. The van der Waals surface area contributed by atoms with Crippen molar-refractivity contribution in [2.45, 2.75) is 19.5 Å². The predicted octanol–water partition coefficient (Wildman–Crippen LogP) is 3.54. The fourth-order valence-corrected chi connectivity index (χ4v) is 3.68. The molecule has 28 heavy (non-hydrogen) atoms. The summed E-state index contributed by atoms with van der Waals surface area (Å²) in [4.78, 5) is 26.9. The Hall–Kier alpha value is -3.34. The second kappa shape index (κ2) is 7.35. The second-order valence-corrected chi connectivity index (χ2v) is 7.16. The van der Waals surface area contributed by atoms with Crippen molar-refractivity contribution in [3.63, 3.8) is 0 Å². The van der Waals surface area contributed by atoms with Crippen LogP contribution in [-0.2, 0) is 24.9 Å². The second-order valence-electron chi connectivity index (χ2n) is 7.16. The summed E-state index contributed by atoms with van der Waals surface area (Å²) in [7, 11) is 3.57. The van der Waals surface area contributed by atoms with E-state index in [1.165, 1.54) is 10.8 Å². The Kier molecular flexibility index (Phi) is 4.74. The maximum absolute atomic E-state index is 12.6. The highest BCUT2D eigenvalue weighted by molar-refractivity contribution is 5.83. The van der Waals surface area contributed by atoms with Gasteiger partial charge in [0.15, 0.2) is 0 Å². The first-order valence-electron chi connectivity index (χ1n) is 9.40. The third-order valence-electron chi connectivity index (χ3n) is 5.26. The van der Waals surface area contributed by atoms with Crippen LogP contribution in [-0.4, -0.2) is 27.0 Å². The topological polar surface area (TPSA) is 47.2 Å². The van der Waals surface area contributed by atoms with Crippen LogP contribution in [0.15, 0.2) is 71.5 Å². The monoisotopic (exact) mass is 373 g/mol. The van der Waals surface area contributed by atoms with E-state index in [1.807, 2.05) is 43.4 Å². The molecular formula is C23H23N3O2. The van der Waals surface area contributed by atoms with Gasteiger partial charge >= 0.3 is 5.69 Å². The minimum Gasteiger partial charge on any atom is -0.341 e. The number of fused-ring (bicyclic) bond motifs is 2. The average Bonchev–Trinajstić information content (AvgIpc) is 2.96. The number of aromatic nitrogens is 2. The van der Waals surface area contributed by atoms with Crippen molar-refractivity contribution >= 4 is 27.7 Å². The minimum absolute atomic E-state index is 0.0213. The predicted molar refractivity (Wildman–Crippen MR) is 112 cm³/mol. The van der Waals surface area contributed by atoms with Crippen molar-refractivity contribution in [1.29, 1.82) is 0 Å². The van der Waals surface area contributed by atoms with Crippen LogP contribution in [0.3, 0.4) is 0 Å². The van der Waals surface area contributed by atoms with Gasteiger partial charge in [0.25, 0.3) is 0 Å². The Morgan fingerprint density at radius 1 is 0.929 bits per heavy atom. The van der Waals surface area contributed by atoms with Crippen molar-refractivity contribution in [1.82, 2.24) is 14.0 Å². The molecule has 5 heteroatoms. The molecule has 3 aromatic carbocycles. The average molecular weight is 373 g/mol. The quantitative estimate of drug-likeness (QED) is 0.537. The van der Waals surface area contributed by atoms with Crippen LogP contribution < -0.4 is 5.69 Å². The molecule has 0 aliphatic carbocycles. The van der Waals surface area contributed by atoms with Gasteiger partial charge in [-0.25, -0.2) is 4.79 Å². The van der Waals surface area contributed by atoms with Gasteiger partial charge in [-0.1, -0.05) is 48.5 Å². The highest BCUT2D eigenvalue weighted by Gasteiger charge is 2.14. The molecule has 0 aliphatic rings. The van der Waals surface area contributed by atoms with Crippen LogP contribution in [0.2, 0.25) is 0 Å². The maximum Gasteiger partial charge on any atom is 0.328 e. The van der Waals surface area contributed by atoms with E-state index in [0.29, 0.717) is 13.1 Å². The van der Waals surface area contributed by atoms with Crippen molar-refractivity contribution in [3.8, 4) is 0 Å². The Labute approximate surface area is 163 Å². The summed E-state index contributed by atoms with van der Waals surface area (Å²) in [5.74, 6) is 0.0213. The molecule has 0 atom stereocenters. The largest absolute Gasteiger partial charge is 0.341 e. The Morgan fingerprint density at radius 2 is 1.61 bits per heavy atom. The van der Waals surface area contributed by atoms with Crippen LogP contribution in [0.5, 0.6) is 0 Å². The molecule has 0 unspecified atom stereocenters. The molecule has 0 radical (unpaired) electrons. The smallest absolute Gasteiger partial charge is 0.328 e. The van der Waals surface area contributed by atoms with Crippen LogP contribution >= 0.6 is 0 Å². The number of aryl methyl sites for hydroxylation is 2. The third-order valence-corrected chi connectivity index (χ3v) is 5.26. The van der Waals surface area contributed by atoms with Crippen molar-refractivity contribution in [3.05, 3.63) is 82.8 Å². The molecule has 0 bridgehead atoms. The van der Waals surface area contributed by atoms with Gasteiger partial charge in [0.1, 0.15) is 0 Å². The zero-order valence-corrected chi connectivity index (χ0v) is 16.1. The fraction of sp³-hybridized carbons (Fsp3) is 0.217. The number of para-hydroxylation sites is 2. The number of hydrogen-bond donors (Lipinski definition) is 0. The summed E-state index contributed by atoms with van der Waals surface area (Å²) < 4.78 is 3.30. The van der Waals surface area contributed by atoms with E-state index in [4.69, 9.17) is 0 Å². The minimum atomic E-state index is -0.0915. The molecule has 1 aromatic heterocycles. The molecule has 0 aliphatic heterocycles. The van der Waals surface area contributed by atoms with Gasteiger partial charge in [-0.15, -0.1) is 0 Å². The van der Waals surface area contributed by atoms with E-state index < -0.39 is 0 Å². The Bertz CT molecular complexity index is 1220. The highest BCUT2D eigenvalue weighted by Crippen LogP contribution is 2.17. The molecule has 5 nitrogen and oxygen atoms in total. The molecule has 4 rings (SSSR count). The number of imidazole rings is 1. The summed E-state index contributed by atoms with van der Waals surface area (Å²) in [6.45, 7) is 0.926. The molecule has 0 spiro atoms. The molecule has 4 aromatic rings. The first kappa shape index (κ1) is 18.0. The zero-order valence-electron chi connectivity index (χ0n) is 16.1. The van der Waals surface area contributed by atoms with E-state index in [1.54, 1.807) is 21.1 Å². The normalized spacial score (nSPS) is 11.2. The summed E-state index contributed by atoms with van der Waals surface area (Å²) in [6.07, 6.45) is 0.290. The van der Waals surface area contributed by atoms with Gasteiger partial charge in [-0.3, -0.25) is 13.9 Å². The number of rotatable bonds is 5. The van der Waals surface area contributed by atoms with E-state index in [0.717, 1.165) is 16.6 Å². The Morgan fingerprint density at radius 3 is 2.39 bits per heavy atom. The summed E-state index contributed by atoms with van der Waals surface area (Å²) in [5, 5.41) is 2.36. The standard InChI is InChI=1S/C23H23N3O2/c1-24(16-17-11-12-18-7-3-4-8-19(18)15-17)22(27)13-14-26-21-10-6-5-9-20(21)25(2)23(26)28/h3-12,15H,13-14,16H2,1-2H3. The number of nitrogens with zero attached hydrogens (tertiary/aromatic N) is 3. The molecular weight excluding hydrogens is 350 g/mol. The van der Waals surface area contributed by atoms with Crippen LogP contribution in [0, 0.1) is 0 Å². The van der Waals surface area contributed by atoms with Gasteiger partial charge in [0.05, 0.1) is 11.0 Å². The zero-order chi connectivity index (χ0) is 19.7. The van der Waals surface area contributed by atoms with E-state index in [2.05, 4.69) is 30.3 Å². The van der Waals surface area contributed by atoms with Crippen LogP contribution in [0.25, 0.3) is 21.8 Å². The molecule has 0 saturated heterocycles.